The minimum absolute atomic E-state index is 0.0728. The van der Waals surface area contributed by atoms with Crippen molar-refractivity contribution in [2.75, 3.05) is 4.90 Å². The lowest BCUT2D eigenvalue weighted by atomic mass is 10.00. The fourth-order valence-electron chi connectivity index (χ4n) is 2.23. The lowest BCUT2D eigenvalue weighted by Crippen LogP contribution is -2.31. The van der Waals surface area contributed by atoms with Gasteiger partial charge in [0, 0.05) is 11.8 Å². The van der Waals surface area contributed by atoms with Crippen LogP contribution in [0.1, 0.15) is 34.6 Å². The Morgan fingerprint density at radius 1 is 0.952 bits per heavy atom. The van der Waals surface area contributed by atoms with Gasteiger partial charge >= 0.3 is 11.9 Å². The Bertz CT molecular complexity index is 645. The second kappa shape index (κ2) is 5.01. The summed E-state index contributed by atoms with van der Waals surface area (Å²) >= 11 is 0. The van der Waals surface area contributed by atoms with Gasteiger partial charge in [-0.1, -0.05) is 13.8 Å². The van der Waals surface area contributed by atoms with Crippen molar-refractivity contribution in [1.82, 2.24) is 0 Å². The first-order valence-electron chi connectivity index (χ1n) is 6.24. The number of nitrogens with zero attached hydrogens (tertiary/aromatic N) is 1. The fraction of sp³-hybridized carbons (Fsp3) is 0.286. The quantitative estimate of drug-likeness (QED) is 0.810. The van der Waals surface area contributed by atoms with Gasteiger partial charge in [0.1, 0.15) is 0 Å². The number of carbonyl (C=O) groups is 4. The molecule has 1 saturated heterocycles. The molecule has 1 aliphatic heterocycles. The van der Waals surface area contributed by atoms with Gasteiger partial charge in [0.05, 0.1) is 16.8 Å². The predicted molar refractivity (Wildman–Crippen MR) is 71.2 cm³/mol. The molecule has 2 atom stereocenters. The molecule has 0 aliphatic carbocycles. The molecule has 1 aromatic rings. The van der Waals surface area contributed by atoms with Crippen molar-refractivity contribution in [2.24, 2.45) is 11.8 Å². The summed E-state index contributed by atoms with van der Waals surface area (Å²) in [6.07, 6.45) is 0. The number of imide groups is 1. The molecule has 1 heterocycles. The van der Waals surface area contributed by atoms with Crippen molar-refractivity contribution in [3.8, 4) is 0 Å². The van der Waals surface area contributed by atoms with Crippen LogP contribution in [0.25, 0.3) is 0 Å². The first-order valence-corrected chi connectivity index (χ1v) is 6.24. The van der Waals surface area contributed by atoms with Crippen LogP contribution in [0, 0.1) is 11.8 Å². The Kier molecular flexibility index (Phi) is 3.51. The van der Waals surface area contributed by atoms with Gasteiger partial charge in [-0.25, -0.2) is 9.59 Å². The molecule has 1 fully saturated rings. The zero-order valence-electron chi connectivity index (χ0n) is 11.4. The smallest absolute Gasteiger partial charge is 0.336 e. The Balaban J connectivity index is 2.54. The van der Waals surface area contributed by atoms with E-state index >= 15 is 0 Å². The lowest BCUT2D eigenvalue weighted by Gasteiger charge is -2.15. The summed E-state index contributed by atoms with van der Waals surface area (Å²) in [6, 6.07) is 3.37. The van der Waals surface area contributed by atoms with Crippen LogP contribution >= 0.6 is 0 Å². The third-order valence-corrected chi connectivity index (χ3v) is 3.69. The molecule has 2 unspecified atom stereocenters. The molecular weight excluding hydrogens is 278 g/mol. The summed E-state index contributed by atoms with van der Waals surface area (Å²) < 4.78 is 0. The molecule has 0 bridgehead atoms. The average molecular weight is 291 g/mol. The monoisotopic (exact) mass is 291 g/mol. The topological polar surface area (TPSA) is 112 Å². The van der Waals surface area contributed by atoms with E-state index in [9.17, 15) is 19.2 Å². The van der Waals surface area contributed by atoms with Crippen molar-refractivity contribution in [2.45, 2.75) is 13.8 Å². The fourth-order valence-corrected chi connectivity index (χ4v) is 2.23. The van der Waals surface area contributed by atoms with Crippen LogP contribution in [0.4, 0.5) is 5.69 Å². The number of amides is 2. The maximum atomic E-state index is 12.1. The first-order chi connectivity index (χ1) is 9.75. The third-order valence-electron chi connectivity index (χ3n) is 3.69. The summed E-state index contributed by atoms with van der Waals surface area (Å²) in [5.41, 5.74) is -0.789. The Hall–Kier alpha value is -2.70. The van der Waals surface area contributed by atoms with Crippen LogP contribution in [-0.2, 0) is 9.59 Å². The van der Waals surface area contributed by atoms with E-state index in [1.165, 1.54) is 6.07 Å². The molecule has 1 aromatic carbocycles. The summed E-state index contributed by atoms with van der Waals surface area (Å²) in [4.78, 5) is 47.2. The summed E-state index contributed by atoms with van der Waals surface area (Å²) in [5, 5.41) is 18.0. The second-order valence-corrected chi connectivity index (χ2v) is 4.93. The van der Waals surface area contributed by atoms with Gasteiger partial charge in [0.15, 0.2) is 0 Å². The molecule has 21 heavy (non-hydrogen) atoms. The van der Waals surface area contributed by atoms with Crippen LogP contribution in [-0.4, -0.2) is 34.0 Å². The Labute approximate surface area is 119 Å². The molecule has 7 heteroatoms. The second-order valence-electron chi connectivity index (χ2n) is 4.93. The largest absolute Gasteiger partial charge is 0.478 e. The van der Waals surface area contributed by atoms with E-state index < -0.39 is 46.7 Å². The Morgan fingerprint density at radius 2 is 1.43 bits per heavy atom. The van der Waals surface area contributed by atoms with Crippen molar-refractivity contribution in [3.63, 3.8) is 0 Å². The van der Waals surface area contributed by atoms with Crippen LogP contribution in [0.2, 0.25) is 0 Å². The predicted octanol–water partition coefficient (Wildman–Crippen LogP) is 1.23. The highest BCUT2D eigenvalue weighted by Gasteiger charge is 2.43. The molecule has 2 N–H and O–H groups in total. The molecular formula is C14H13NO6. The number of aromatic carboxylic acids is 2. The third kappa shape index (κ3) is 2.26. The zero-order chi connectivity index (χ0) is 15.9. The number of carboxylic acid groups (broad SMARTS) is 2. The molecule has 0 radical (unpaired) electrons. The van der Waals surface area contributed by atoms with E-state index in [-0.39, 0.29) is 5.69 Å². The number of rotatable bonds is 3. The van der Waals surface area contributed by atoms with Crippen LogP contribution in [0.3, 0.4) is 0 Å². The van der Waals surface area contributed by atoms with Gasteiger partial charge in [-0.05, 0) is 18.2 Å². The maximum Gasteiger partial charge on any atom is 0.336 e. The number of hydrogen-bond acceptors (Lipinski definition) is 4. The standard InChI is InChI=1S/C14H13NO6/c1-6-7(2)12(17)15(11(6)16)8-3-4-9(13(18)19)10(5-8)14(20)21/h3-7H,1-2H3,(H,18,19)(H,20,21). The minimum atomic E-state index is -1.44. The van der Waals surface area contributed by atoms with E-state index in [4.69, 9.17) is 10.2 Å². The molecule has 2 rings (SSSR count). The summed E-state index contributed by atoms with van der Waals surface area (Å²) in [7, 11) is 0. The number of anilines is 1. The van der Waals surface area contributed by atoms with Gasteiger partial charge in [-0.15, -0.1) is 0 Å². The summed E-state index contributed by atoms with van der Waals surface area (Å²) in [6.45, 7) is 3.24. The highest BCUT2D eigenvalue weighted by Crippen LogP contribution is 2.31. The molecule has 2 amide bonds. The summed E-state index contributed by atoms with van der Waals surface area (Å²) in [5.74, 6) is -4.66. The number of carboxylic acids is 2. The van der Waals surface area contributed by atoms with Crippen LogP contribution in [0.15, 0.2) is 18.2 Å². The van der Waals surface area contributed by atoms with E-state index in [2.05, 4.69) is 0 Å². The Morgan fingerprint density at radius 3 is 1.86 bits per heavy atom. The highest BCUT2D eigenvalue weighted by molar-refractivity contribution is 6.22. The van der Waals surface area contributed by atoms with Crippen molar-refractivity contribution in [3.05, 3.63) is 29.3 Å². The molecule has 0 spiro atoms. The number of hydrogen-bond donors (Lipinski definition) is 2. The van der Waals surface area contributed by atoms with Crippen LogP contribution < -0.4 is 4.90 Å². The van der Waals surface area contributed by atoms with Crippen molar-refractivity contribution >= 4 is 29.4 Å². The van der Waals surface area contributed by atoms with Gasteiger partial charge in [0.25, 0.3) is 0 Å². The SMILES string of the molecule is CC1C(=O)N(c2ccc(C(=O)O)c(C(=O)O)c2)C(=O)C1C. The van der Waals surface area contributed by atoms with Gasteiger partial charge in [0.2, 0.25) is 11.8 Å². The first kappa shape index (κ1) is 14.7. The zero-order valence-corrected chi connectivity index (χ0v) is 11.4. The van der Waals surface area contributed by atoms with E-state index in [0.29, 0.717) is 0 Å². The normalized spacial score (nSPS) is 21.7. The van der Waals surface area contributed by atoms with Gasteiger partial charge in [-0.3, -0.25) is 14.5 Å². The molecule has 110 valence electrons. The molecule has 1 aliphatic rings. The van der Waals surface area contributed by atoms with Crippen LogP contribution in [0.5, 0.6) is 0 Å². The van der Waals surface area contributed by atoms with Crippen molar-refractivity contribution < 1.29 is 29.4 Å². The number of benzene rings is 1. The van der Waals surface area contributed by atoms with Gasteiger partial charge in [-0.2, -0.15) is 0 Å². The highest BCUT2D eigenvalue weighted by atomic mass is 16.4. The number of carbonyl (C=O) groups excluding carboxylic acids is 2. The lowest BCUT2D eigenvalue weighted by molar-refractivity contribution is -0.122. The molecule has 0 saturated carbocycles. The average Bonchev–Trinajstić information content (AvgIpc) is 2.62. The van der Waals surface area contributed by atoms with E-state index in [1.807, 2.05) is 0 Å². The van der Waals surface area contributed by atoms with Gasteiger partial charge < -0.3 is 10.2 Å². The molecule has 0 aromatic heterocycles. The van der Waals surface area contributed by atoms with Crippen molar-refractivity contribution in [1.29, 1.82) is 0 Å². The maximum absolute atomic E-state index is 12.1. The van der Waals surface area contributed by atoms with E-state index in [0.717, 1.165) is 17.0 Å². The minimum Gasteiger partial charge on any atom is -0.478 e. The van der Waals surface area contributed by atoms with E-state index in [1.54, 1.807) is 13.8 Å². The molecule has 7 nitrogen and oxygen atoms in total.